The number of carboxylic acids is 1. The summed E-state index contributed by atoms with van der Waals surface area (Å²) in [6.07, 6.45) is 0. The Kier molecular flexibility index (Phi) is 7.43. The van der Waals surface area contributed by atoms with Crippen molar-refractivity contribution in [2.24, 2.45) is 0 Å². The van der Waals surface area contributed by atoms with Gasteiger partial charge in [0.25, 0.3) is 0 Å². The van der Waals surface area contributed by atoms with Gasteiger partial charge in [0.2, 0.25) is 0 Å². The number of ether oxygens (including phenoxy) is 1. The molecular weight excluding hydrogens is 475 g/mol. The number of hydrogen-bond acceptors (Lipinski definition) is 2. The molecule has 5 rings (SSSR count). The van der Waals surface area contributed by atoms with Gasteiger partial charge in [-0.2, -0.15) is 0 Å². The normalized spacial score (nSPS) is 11.3. The van der Waals surface area contributed by atoms with E-state index in [1.54, 1.807) is 6.07 Å². The largest absolute Gasteiger partial charge is 0.478 e. The van der Waals surface area contributed by atoms with Crippen molar-refractivity contribution in [3.63, 3.8) is 0 Å². The Morgan fingerprint density at radius 3 is 1.47 bits per heavy atom. The van der Waals surface area contributed by atoms with Gasteiger partial charge in [0, 0.05) is 0 Å². The molecule has 0 spiro atoms. The molecule has 5 aromatic carbocycles. The van der Waals surface area contributed by atoms with Crippen molar-refractivity contribution >= 4 is 5.97 Å². The standard InChI is InChI=1S/C34H27FO3/c35-32-22-26(18-21-31(32)33(36)37)24-38-23-25-16-19-30(20-17-25)34(27-10-4-1-5-11-27,28-12-6-2-7-13-28)29-14-8-3-9-15-29/h1-22H,23-24H2,(H,36,37). The van der Waals surface area contributed by atoms with Gasteiger partial charge in [-0.05, 0) is 45.5 Å². The minimum atomic E-state index is -1.28. The lowest BCUT2D eigenvalue weighted by Gasteiger charge is -2.37. The van der Waals surface area contributed by atoms with Crippen molar-refractivity contribution in [2.45, 2.75) is 18.6 Å². The van der Waals surface area contributed by atoms with E-state index in [9.17, 15) is 9.18 Å². The second-order valence-electron chi connectivity index (χ2n) is 9.16. The summed E-state index contributed by atoms with van der Waals surface area (Å²) in [6, 6.07) is 44.0. The van der Waals surface area contributed by atoms with Crippen molar-refractivity contribution in [2.75, 3.05) is 0 Å². The monoisotopic (exact) mass is 502 g/mol. The van der Waals surface area contributed by atoms with Gasteiger partial charge in [0.05, 0.1) is 24.2 Å². The van der Waals surface area contributed by atoms with Crippen LogP contribution in [0.25, 0.3) is 0 Å². The first-order valence-electron chi connectivity index (χ1n) is 12.4. The third kappa shape index (κ3) is 4.99. The molecule has 5 aromatic rings. The Balaban J connectivity index is 1.46. The summed E-state index contributed by atoms with van der Waals surface area (Å²) in [5.74, 6) is -2.05. The van der Waals surface area contributed by atoms with E-state index in [1.165, 1.54) is 28.8 Å². The third-order valence-corrected chi connectivity index (χ3v) is 6.81. The predicted molar refractivity (Wildman–Crippen MR) is 147 cm³/mol. The maximum Gasteiger partial charge on any atom is 0.338 e. The van der Waals surface area contributed by atoms with Crippen molar-refractivity contribution in [3.8, 4) is 0 Å². The van der Waals surface area contributed by atoms with E-state index in [1.807, 2.05) is 18.2 Å². The fourth-order valence-corrected chi connectivity index (χ4v) is 5.02. The molecule has 0 fully saturated rings. The summed E-state index contributed by atoms with van der Waals surface area (Å²) in [4.78, 5) is 11.0. The second-order valence-corrected chi connectivity index (χ2v) is 9.16. The fourth-order valence-electron chi connectivity index (χ4n) is 5.02. The molecule has 188 valence electrons. The highest BCUT2D eigenvalue weighted by Crippen LogP contribution is 2.45. The summed E-state index contributed by atoms with van der Waals surface area (Å²) in [7, 11) is 0. The average molecular weight is 503 g/mol. The van der Waals surface area contributed by atoms with Crippen LogP contribution in [-0.2, 0) is 23.4 Å². The van der Waals surface area contributed by atoms with Crippen LogP contribution in [0.5, 0.6) is 0 Å². The van der Waals surface area contributed by atoms with E-state index in [4.69, 9.17) is 9.84 Å². The molecule has 0 bridgehead atoms. The molecule has 0 aliphatic heterocycles. The number of aromatic carboxylic acids is 1. The van der Waals surface area contributed by atoms with Crippen LogP contribution in [0.1, 0.15) is 43.7 Å². The highest BCUT2D eigenvalue weighted by molar-refractivity contribution is 5.87. The molecule has 0 aromatic heterocycles. The van der Waals surface area contributed by atoms with E-state index in [-0.39, 0.29) is 12.2 Å². The molecule has 0 unspecified atom stereocenters. The minimum Gasteiger partial charge on any atom is -0.478 e. The highest BCUT2D eigenvalue weighted by Gasteiger charge is 2.38. The van der Waals surface area contributed by atoms with Crippen molar-refractivity contribution in [1.82, 2.24) is 0 Å². The lowest BCUT2D eigenvalue weighted by Crippen LogP contribution is -2.30. The Morgan fingerprint density at radius 1 is 0.605 bits per heavy atom. The van der Waals surface area contributed by atoms with E-state index in [0.717, 1.165) is 11.1 Å². The Hall–Kier alpha value is -4.54. The Bertz CT molecular complexity index is 1400. The Morgan fingerprint density at radius 2 is 1.03 bits per heavy atom. The zero-order chi connectivity index (χ0) is 26.4. The van der Waals surface area contributed by atoms with Crippen LogP contribution < -0.4 is 0 Å². The van der Waals surface area contributed by atoms with E-state index in [2.05, 4.69) is 97.1 Å². The molecule has 4 heteroatoms. The summed E-state index contributed by atoms with van der Waals surface area (Å²) in [6.45, 7) is 0.526. The first-order valence-corrected chi connectivity index (χ1v) is 12.4. The number of carbonyl (C=O) groups is 1. The van der Waals surface area contributed by atoms with Gasteiger partial charge in [-0.1, -0.05) is 121 Å². The molecule has 0 saturated carbocycles. The number of benzene rings is 5. The number of rotatable bonds is 9. The summed E-state index contributed by atoms with van der Waals surface area (Å²) < 4.78 is 19.8. The molecule has 0 atom stereocenters. The molecule has 0 saturated heterocycles. The number of hydrogen-bond donors (Lipinski definition) is 1. The predicted octanol–water partition coefficient (Wildman–Crippen LogP) is 7.62. The first-order chi connectivity index (χ1) is 18.6. The first kappa shape index (κ1) is 25.1. The lowest BCUT2D eigenvalue weighted by atomic mass is 9.65. The van der Waals surface area contributed by atoms with Gasteiger partial charge in [-0.25, -0.2) is 9.18 Å². The van der Waals surface area contributed by atoms with Gasteiger partial charge >= 0.3 is 5.97 Å². The van der Waals surface area contributed by atoms with Gasteiger partial charge < -0.3 is 9.84 Å². The van der Waals surface area contributed by atoms with Gasteiger partial charge in [-0.3, -0.25) is 0 Å². The van der Waals surface area contributed by atoms with Gasteiger partial charge in [0.1, 0.15) is 5.82 Å². The third-order valence-electron chi connectivity index (χ3n) is 6.81. The van der Waals surface area contributed by atoms with Gasteiger partial charge in [-0.15, -0.1) is 0 Å². The fraction of sp³-hybridized carbons (Fsp3) is 0.0882. The van der Waals surface area contributed by atoms with Crippen molar-refractivity contribution < 1.29 is 19.0 Å². The average Bonchev–Trinajstić information content (AvgIpc) is 2.96. The molecule has 1 N–H and O–H groups in total. The van der Waals surface area contributed by atoms with Crippen LogP contribution in [0.3, 0.4) is 0 Å². The quantitative estimate of drug-likeness (QED) is 0.211. The van der Waals surface area contributed by atoms with Crippen LogP contribution in [0, 0.1) is 5.82 Å². The van der Waals surface area contributed by atoms with Crippen LogP contribution in [0.15, 0.2) is 133 Å². The zero-order valence-electron chi connectivity index (χ0n) is 20.8. The van der Waals surface area contributed by atoms with Crippen molar-refractivity contribution in [3.05, 3.63) is 178 Å². The second kappa shape index (κ2) is 11.2. The molecule has 38 heavy (non-hydrogen) atoms. The topological polar surface area (TPSA) is 46.5 Å². The zero-order valence-corrected chi connectivity index (χ0v) is 20.8. The van der Waals surface area contributed by atoms with Gasteiger partial charge in [0.15, 0.2) is 0 Å². The minimum absolute atomic E-state index is 0.181. The number of carboxylic acid groups (broad SMARTS) is 1. The lowest BCUT2D eigenvalue weighted by molar-refractivity contribution is 0.0691. The van der Waals surface area contributed by atoms with E-state index >= 15 is 0 Å². The molecular formula is C34H27FO3. The molecule has 0 heterocycles. The van der Waals surface area contributed by atoms with Crippen LogP contribution in [-0.4, -0.2) is 11.1 Å². The molecule has 0 amide bonds. The smallest absolute Gasteiger partial charge is 0.338 e. The molecule has 3 nitrogen and oxygen atoms in total. The van der Waals surface area contributed by atoms with Crippen LogP contribution in [0.4, 0.5) is 4.39 Å². The van der Waals surface area contributed by atoms with E-state index in [0.29, 0.717) is 12.2 Å². The molecule has 0 radical (unpaired) electrons. The Labute approximate surface area is 221 Å². The molecule has 0 aliphatic rings. The van der Waals surface area contributed by atoms with E-state index < -0.39 is 17.2 Å². The molecule has 0 aliphatic carbocycles. The summed E-state index contributed by atoms with van der Waals surface area (Å²) in [5, 5.41) is 9.01. The maximum atomic E-state index is 14.0. The highest BCUT2D eigenvalue weighted by atomic mass is 19.1. The maximum absolute atomic E-state index is 14.0. The summed E-state index contributed by atoms with van der Waals surface area (Å²) >= 11 is 0. The summed E-state index contributed by atoms with van der Waals surface area (Å²) in [5.41, 5.74) is 5.38. The van der Waals surface area contributed by atoms with Crippen LogP contribution in [0.2, 0.25) is 0 Å². The van der Waals surface area contributed by atoms with Crippen molar-refractivity contribution in [1.29, 1.82) is 0 Å². The SMILES string of the molecule is O=C(O)c1ccc(COCc2ccc(C(c3ccccc3)(c3ccccc3)c3ccccc3)cc2)cc1F. The van der Waals surface area contributed by atoms with Crippen LogP contribution >= 0.6 is 0 Å². The number of halogens is 1.